The third-order valence-corrected chi connectivity index (χ3v) is 2.84. The first-order valence-electron chi connectivity index (χ1n) is 4.24. The highest BCUT2D eigenvalue weighted by molar-refractivity contribution is 7.98. The van der Waals surface area contributed by atoms with E-state index in [1.165, 1.54) is 11.8 Å². The van der Waals surface area contributed by atoms with Crippen LogP contribution in [0.1, 0.15) is 5.56 Å². The fourth-order valence-corrected chi connectivity index (χ4v) is 2.02. The predicted octanol–water partition coefficient (Wildman–Crippen LogP) is 0.689. The molecule has 76 valence electrons. The molecule has 0 aliphatic heterocycles. The number of benzene rings is 1. The summed E-state index contributed by atoms with van der Waals surface area (Å²) in [5, 5.41) is 0. The van der Waals surface area contributed by atoms with Crippen molar-refractivity contribution >= 4 is 17.7 Å². The highest BCUT2D eigenvalue weighted by Crippen LogP contribution is 2.21. The number of amides is 1. The maximum Gasteiger partial charge on any atom is 0.242 e. The molecule has 0 saturated carbocycles. The van der Waals surface area contributed by atoms with E-state index in [1.807, 2.05) is 36.6 Å². The van der Waals surface area contributed by atoms with E-state index in [0.717, 1.165) is 5.56 Å². The molecule has 1 atom stereocenters. The van der Waals surface area contributed by atoms with Gasteiger partial charge in [-0.05, 0) is 11.8 Å². The molecule has 0 radical (unpaired) electrons. The van der Waals surface area contributed by atoms with E-state index in [4.69, 9.17) is 11.5 Å². The zero-order valence-corrected chi connectivity index (χ0v) is 8.88. The molecule has 0 bridgehead atoms. The molecule has 0 heterocycles. The third kappa shape index (κ3) is 2.08. The van der Waals surface area contributed by atoms with Gasteiger partial charge < -0.3 is 11.5 Å². The van der Waals surface area contributed by atoms with Crippen LogP contribution in [0.4, 0.5) is 0 Å². The molecule has 0 fully saturated rings. The van der Waals surface area contributed by atoms with Crippen LogP contribution in [-0.2, 0) is 10.3 Å². The van der Waals surface area contributed by atoms with Crippen LogP contribution >= 0.6 is 11.8 Å². The lowest BCUT2D eigenvalue weighted by Gasteiger charge is -2.25. The van der Waals surface area contributed by atoms with Gasteiger partial charge >= 0.3 is 0 Å². The van der Waals surface area contributed by atoms with Gasteiger partial charge in [-0.25, -0.2) is 0 Å². The van der Waals surface area contributed by atoms with Crippen LogP contribution in [-0.4, -0.2) is 17.9 Å². The summed E-state index contributed by atoms with van der Waals surface area (Å²) in [6.45, 7) is 0. The molecule has 0 spiro atoms. The molecule has 4 heteroatoms. The van der Waals surface area contributed by atoms with Crippen molar-refractivity contribution in [3.8, 4) is 0 Å². The molecule has 14 heavy (non-hydrogen) atoms. The van der Waals surface area contributed by atoms with Crippen LogP contribution in [0.25, 0.3) is 0 Å². The zero-order valence-electron chi connectivity index (χ0n) is 8.07. The number of hydrogen-bond acceptors (Lipinski definition) is 3. The van der Waals surface area contributed by atoms with E-state index >= 15 is 0 Å². The average molecular weight is 210 g/mol. The van der Waals surface area contributed by atoms with E-state index in [-0.39, 0.29) is 0 Å². The summed E-state index contributed by atoms with van der Waals surface area (Å²) in [6, 6.07) is 9.21. The van der Waals surface area contributed by atoms with Crippen LogP contribution in [0, 0.1) is 0 Å². The lowest BCUT2D eigenvalue weighted by molar-refractivity contribution is -0.122. The van der Waals surface area contributed by atoms with E-state index in [2.05, 4.69) is 0 Å². The Balaban J connectivity index is 3.06. The SMILES string of the molecule is CSCC(N)(C(N)=O)c1ccccc1. The minimum Gasteiger partial charge on any atom is -0.368 e. The number of carbonyl (C=O) groups is 1. The van der Waals surface area contributed by atoms with Gasteiger partial charge in [-0.3, -0.25) is 4.79 Å². The Morgan fingerprint density at radius 3 is 2.43 bits per heavy atom. The van der Waals surface area contributed by atoms with Gasteiger partial charge in [-0.1, -0.05) is 30.3 Å². The van der Waals surface area contributed by atoms with Crippen LogP contribution in [0.2, 0.25) is 0 Å². The van der Waals surface area contributed by atoms with Gasteiger partial charge in [0.25, 0.3) is 0 Å². The van der Waals surface area contributed by atoms with E-state index in [0.29, 0.717) is 5.75 Å². The van der Waals surface area contributed by atoms with E-state index in [9.17, 15) is 4.79 Å². The molecule has 0 aromatic heterocycles. The van der Waals surface area contributed by atoms with Crippen LogP contribution in [0.15, 0.2) is 30.3 Å². The topological polar surface area (TPSA) is 69.1 Å². The van der Waals surface area contributed by atoms with Crippen molar-refractivity contribution in [1.29, 1.82) is 0 Å². The third-order valence-electron chi connectivity index (χ3n) is 2.10. The van der Waals surface area contributed by atoms with Crippen molar-refractivity contribution in [2.45, 2.75) is 5.54 Å². The smallest absolute Gasteiger partial charge is 0.242 e. The lowest BCUT2D eigenvalue weighted by atomic mass is 9.92. The summed E-state index contributed by atoms with van der Waals surface area (Å²) in [6.07, 6.45) is 1.90. The molecule has 4 N–H and O–H groups in total. The molecule has 1 amide bonds. The second-order valence-corrected chi connectivity index (χ2v) is 4.00. The number of carbonyl (C=O) groups excluding carboxylic acids is 1. The Morgan fingerprint density at radius 1 is 1.43 bits per heavy atom. The molecular formula is C10H14N2OS. The predicted molar refractivity (Wildman–Crippen MR) is 59.9 cm³/mol. The minimum absolute atomic E-state index is 0.488. The Hall–Kier alpha value is -1.00. The quantitative estimate of drug-likeness (QED) is 0.768. The summed E-state index contributed by atoms with van der Waals surface area (Å²) in [7, 11) is 0. The summed E-state index contributed by atoms with van der Waals surface area (Å²) < 4.78 is 0. The summed E-state index contributed by atoms with van der Waals surface area (Å²) in [5.74, 6) is 0.00449. The van der Waals surface area contributed by atoms with Gasteiger partial charge in [0.15, 0.2) is 0 Å². The largest absolute Gasteiger partial charge is 0.368 e. The van der Waals surface area contributed by atoms with Gasteiger partial charge in [0.1, 0.15) is 5.54 Å². The first-order chi connectivity index (χ1) is 6.61. The highest BCUT2D eigenvalue weighted by atomic mass is 32.2. The monoisotopic (exact) mass is 210 g/mol. The second-order valence-electron chi connectivity index (χ2n) is 3.13. The maximum atomic E-state index is 11.3. The van der Waals surface area contributed by atoms with Crippen LogP contribution < -0.4 is 11.5 Å². The highest BCUT2D eigenvalue weighted by Gasteiger charge is 2.33. The second kappa shape index (κ2) is 4.48. The van der Waals surface area contributed by atoms with Crippen molar-refractivity contribution in [2.75, 3.05) is 12.0 Å². The Labute approximate surface area is 87.9 Å². The van der Waals surface area contributed by atoms with E-state index < -0.39 is 11.4 Å². The first kappa shape index (κ1) is 11.1. The van der Waals surface area contributed by atoms with E-state index in [1.54, 1.807) is 0 Å². The van der Waals surface area contributed by atoms with Gasteiger partial charge in [-0.15, -0.1) is 0 Å². The Kier molecular flexibility index (Phi) is 3.55. The van der Waals surface area contributed by atoms with Crippen molar-refractivity contribution in [1.82, 2.24) is 0 Å². The summed E-state index contributed by atoms with van der Waals surface area (Å²) >= 11 is 1.51. The molecular weight excluding hydrogens is 196 g/mol. The average Bonchev–Trinajstić information content (AvgIpc) is 2.19. The van der Waals surface area contributed by atoms with Gasteiger partial charge in [0, 0.05) is 5.75 Å². The normalized spacial score (nSPS) is 14.7. The number of rotatable bonds is 4. The number of hydrogen-bond donors (Lipinski definition) is 2. The molecule has 0 aliphatic rings. The standard InChI is InChI=1S/C10H14N2OS/c1-14-7-10(12,9(11)13)8-5-3-2-4-6-8/h2-6H,7,12H2,1H3,(H2,11,13). The van der Waals surface area contributed by atoms with Crippen molar-refractivity contribution in [2.24, 2.45) is 11.5 Å². The van der Waals surface area contributed by atoms with Crippen LogP contribution in [0.5, 0.6) is 0 Å². The van der Waals surface area contributed by atoms with Gasteiger partial charge in [0.05, 0.1) is 0 Å². The molecule has 3 nitrogen and oxygen atoms in total. The first-order valence-corrected chi connectivity index (χ1v) is 5.64. The molecule has 0 saturated heterocycles. The minimum atomic E-state index is -1.05. The summed E-state index contributed by atoms with van der Waals surface area (Å²) in [5.41, 5.74) is 11.0. The Bertz CT molecular complexity index is 315. The maximum absolute atomic E-state index is 11.3. The van der Waals surface area contributed by atoms with Crippen molar-refractivity contribution in [3.05, 3.63) is 35.9 Å². The molecule has 1 aromatic rings. The molecule has 1 unspecified atom stereocenters. The lowest BCUT2D eigenvalue weighted by Crippen LogP contribution is -2.51. The number of thioether (sulfide) groups is 1. The number of primary amides is 1. The zero-order chi connectivity index (χ0) is 10.6. The summed E-state index contributed by atoms with van der Waals surface area (Å²) in [4.78, 5) is 11.3. The van der Waals surface area contributed by atoms with Gasteiger partial charge in [-0.2, -0.15) is 11.8 Å². The van der Waals surface area contributed by atoms with Crippen molar-refractivity contribution < 1.29 is 4.79 Å². The molecule has 1 rings (SSSR count). The molecule has 1 aromatic carbocycles. The molecule has 0 aliphatic carbocycles. The number of nitrogens with two attached hydrogens (primary N) is 2. The fourth-order valence-electron chi connectivity index (χ4n) is 1.26. The van der Waals surface area contributed by atoms with Crippen LogP contribution in [0.3, 0.4) is 0 Å². The van der Waals surface area contributed by atoms with Crippen molar-refractivity contribution in [3.63, 3.8) is 0 Å². The van der Waals surface area contributed by atoms with Gasteiger partial charge in [0.2, 0.25) is 5.91 Å². The Morgan fingerprint density at radius 2 is 2.00 bits per heavy atom. The fraction of sp³-hybridized carbons (Fsp3) is 0.300.